The largest absolute Gasteiger partial charge is 0.494 e. The summed E-state index contributed by atoms with van der Waals surface area (Å²) in [5.41, 5.74) is 1.68. The van der Waals surface area contributed by atoms with Crippen LogP contribution in [0.4, 0.5) is 5.95 Å². The Morgan fingerprint density at radius 3 is 2.14 bits per heavy atom. The van der Waals surface area contributed by atoms with Gasteiger partial charge in [-0.3, -0.25) is 9.47 Å². The van der Waals surface area contributed by atoms with Crippen molar-refractivity contribution in [2.75, 3.05) is 37.6 Å². The van der Waals surface area contributed by atoms with Gasteiger partial charge in [0.15, 0.2) is 11.8 Å². The molecule has 3 unspecified atom stereocenters. The van der Waals surface area contributed by atoms with Gasteiger partial charge in [-0.2, -0.15) is 0 Å². The number of aromatic nitrogens is 3. The SMILES string of the molecule is Oc1c2c(c(O)n1CC(O)CN1CCN(c3ncccn3)CC1)C1C=CC2C1. The molecule has 3 heterocycles. The van der Waals surface area contributed by atoms with E-state index in [-0.39, 0.29) is 30.1 Å². The van der Waals surface area contributed by atoms with Crippen molar-refractivity contribution in [2.24, 2.45) is 0 Å². The lowest BCUT2D eigenvalue weighted by atomic mass is 10.0. The van der Waals surface area contributed by atoms with Gasteiger partial charge in [-0.1, -0.05) is 12.2 Å². The van der Waals surface area contributed by atoms with Crippen molar-refractivity contribution >= 4 is 5.95 Å². The van der Waals surface area contributed by atoms with E-state index in [0.717, 1.165) is 49.7 Å². The van der Waals surface area contributed by atoms with Crippen LogP contribution < -0.4 is 4.90 Å². The minimum atomic E-state index is -0.672. The number of aliphatic hydroxyl groups excluding tert-OH is 1. The Balaban J connectivity index is 1.20. The van der Waals surface area contributed by atoms with Crippen molar-refractivity contribution in [3.63, 3.8) is 0 Å². The molecule has 1 saturated heterocycles. The Labute approximate surface area is 163 Å². The number of allylic oxidation sites excluding steroid dienone is 2. The number of anilines is 1. The second-order valence-electron chi connectivity index (χ2n) is 7.91. The quantitative estimate of drug-likeness (QED) is 0.663. The fourth-order valence-corrected chi connectivity index (χ4v) is 4.81. The molecule has 0 spiro atoms. The van der Waals surface area contributed by atoms with Gasteiger partial charge in [0.25, 0.3) is 0 Å². The summed E-state index contributed by atoms with van der Waals surface area (Å²) < 4.78 is 1.47. The minimum Gasteiger partial charge on any atom is -0.494 e. The number of hydrogen-bond acceptors (Lipinski definition) is 7. The van der Waals surface area contributed by atoms with Gasteiger partial charge in [0.05, 0.1) is 12.6 Å². The van der Waals surface area contributed by atoms with Crippen molar-refractivity contribution in [2.45, 2.75) is 30.9 Å². The van der Waals surface area contributed by atoms with E-state index in [9.17, 15) is 15.3 Å². The summed E-state index contributed by atoms with van der Waals surface area (Å²) in [5, 5.41) is 31.8. The first kappa shape index (κ1) is 17.5. The predicted octanol–water partition coefficient (Wildman–Crippen LogP) is 1.01. The normalized spacial score (nSPS) is 24.7. The number of β-amino-alcohol motifs (C(OH)–C–C–N with tert-alkyl or cyclic N) is 1. The first-order chi connectivity index (χ1) is 13.6. The summed E-state index contributed by atoms with van der Waals surface area (Å²) in [6, 6.07) is 1.81. The average Bonchev–Trinajstić information content (AvgIpc) is 3.39. The molecule has 5 rings (SSSR count). The molecule has 2 aromatic heterocycles. The number of piperazine rings is 1. The number of fused-ring (bicyclic) bond motifs is 5. The lowest BCUT2D eigenvalue weighted by Crippen LogP contribution is -2.49. The summed E-state index contributed by atoms with van der Waals surface area (Å²) in [6.45, 7) is 3.91. The van der Waals surface area contributed by atoms with E-state index in [4.69, 9.17) is 0 Å². The zero-order valence-electron chi connectivity index (χ0n) is 15.6. The summed E-state index contributed by atoms with van der Waals surface area (Å²) in [6.07, 6.45) is 7.95. The Bertz CT molecular complexity index is 853. The lowest BCUT2D eigenvalue weighted by molar-refractivity contribution is 0.0906. The molecule has 0 amide bonds. The first-order valence-electron chi connectivity index (χ1n) is 9.86. The summed E-state index contributed by atoms with van der Waals surface area (Å²) in [5.74, 6) is 1.33. The fraction of sp³-hybridized carbons (Fsp3) is 0.500. The monoisotopic (exact) mass is 383 g/mol. The van der Waals surface area contributed by atoms with Crippen LogP contribution in [0.25, 0.3) is 0 Å². The average molecular weight is 383 g/mol. The van der Waals surface area contributed by atoms with Gasteiger partial charge in [-0.25, -0.2) is 9.97 Å². The Morgan fingerprint density at radius 1 is 0.929 bits per heavy atom. The van der Waals surface area contributed by atoms with E-state index in [1.807, 2.05) is 0 Å². The predicted molar refractivity (Wildman–Crippen MR) is 104 cm³/mol. The van der Waals surface area contributed by atoms with E-state index in [1.54, 1.807) is 18.5 Å². The van der Waals surface area contributed by atoms with E-state index in [0.29, 0.717) is 6.54 Å². The summed E-state index contributed by atoms with van der Waals surface area (Å²) in [7, 11) is 0. The van der Waals surface area contributed by atoms with Gasteiger partial charge in [0.1, 0.15) is 0 Å². The molecule has 28 heavy (non-hydrogen) atoms. The van der Waals surface area contributed by atoms with Crippen LogP contribution in [0.5, 0.6) is 11.8 Å². The van der Waals surface area contributed by atoms with Crippen LogP contribution in [0.15, 0.2) is 30.6 Å². The van der Waals surface area contributed by atoms with Crippen molar-refractivity contribution in [1.29, 1.82) is 0 Å². The summed E-state index contributed by atoms with van der Waals surface area (Å²) >= 11 is 0. The fourth-order valence-electron chi connectivity index (χ4n) is 4.81. The van der Waals surface area contributed by atoms with Gasteiger partial charge < -0.3 is 20.2 Å². The molecule has 8 heteroatoms. The Hall–Kier alpha value is -2.58. The smallest absolute Gasteiger partial charge is 0.225 e. The number of aliphatic hydroxyl groups is 1. The van der Waals surface area contributed by atoms with Gasteiger partial charge >= 0.3 is 0 Å². The second kappa shape index (κ2) is 6.79. The molecule has 0 aromatic carbocycles. The van der Waals surface area contributed by atoms with Crippen molar-refractivity contribution in [1.82, 2.24) is 19.4 Å². The molecule has 8 nitrogen and oxygen atoms in total. The van der Waals surface area contributed by atoms with Crippen LogP contribution in [0.3, 0.4) is 0 Å². The second-order valence-corrected chi connectivity index (χ2v) is 7.91. The van der Waals surface area contributed by atoms with Gasteiger partial charge in [0, 0.05) is 68.1 Å². The third-order valence-electron chi connectivity index (χ3n) is 6.18. The topological polar surface area (TPSA) is 97.9 Å². The summed E-state index contributed by atoms with van der Waals surface area (Å²) in [4.78, 5) is 12.9. The number of hydrogen-bond donors (Lipinski definition) is 3. The van der Waals surface area contributed by atoms with Gasteiger partial charge in [-0.15, -0.1) is 0 Å². The molecular formula is C20H25N5O3. The van der Waals surface area contributed by atoms with Crippen LogP contribution in [0, 0.1) is 0 Å². The molecular weight excluding hydrogens is 358 g/mol. The van der Waals surface area contributed by atoms with E-state index in [2.05, 4.69) is 31.9 Å². The van der Waals surface area contributed by atoms with Crippen molar-refractivity contribution < 1.29 is 15.3 Å². The van der Waals surface area contributed by atoms with Crippen LogP contribution in [-0.2, 0) is 6.54 Å². The highest BCUT2D eigenvalue weighted by Crippen LogP contribution is 2.56. The van der Waals surface area contributed by atoms with Crippen molar-refractivity contribution in [3.05, 3.63) is 41.7 Å². The Morgan fingerprint density at radius 2 is 1.54 bits per heavy atom. The molecule has 1 aliphatic heterocycles. The standard InChI is InChI=1S/C20H25N5O3/c26-15(11-23-6-8-24(9-7-23)20-21-4-1-5-22-20)12-25-18(27)16-13-2-3-14(10-13)17(16)19(25)28/h1-5,13-15,26-28H,6-12H2. The molecule has 3 aliphatic rings. The maximum absolute atomic E-state index is 10.6. The van der Waals surface area contributed by atoms with E-state index >= 15 is 0 Å². The molecule has 0 radical (unpaired) electrons. The van der Waals surface area contributed by atoms with Crippen LogP contribution in [-0.4, -0.2) is 73.6 Å². The number of rotatable bonds is 5. The molecule has 2 aliphatic carbocycles. The highest BCUT2D eigenvalue weighted by Gasteiger charge is 2.41. The van der Waals surface area contributed by atoms with Gasteiger partial charge in [-0.05, 0) is 12.5 Å². The van der Waals surface area contributed by atoms with E-state index < -0.39 is 6.10 Å². The maximum atomic E-state index is 10.6. The zero-order chi connectivity index (χ0) is 19.3. The lowest BCUT2D eigenvalue weighted by Gasteiger charge is -2.35. The van der Waals surface area contributed by atoms with Crippen LogP contribution >= 0.6 is 0 Å². The van der Waals surface area contributed by atoms with Gasteiger partial charge in [0.2, 0.25) is 5.95 Å². The third-order valence-corrected chi connectivity index (χ3v) is 6.18. The third kappa shape index (κ3) is 2.84. The van der Waals surface area contributed by atoms with E-state index in [1.165, 1.54) is 4.57 Å². The number of nitrogens with zero attached hydrogens (tertiary/aromatic N) is 5. The van der Waals surface area contributed by atoms with Crippen LogP contribution in [0.2, 0.25) is 0 Å². The highest BCUT2D eigenvalue weighted by molar-refractivity contribution is 5.58. The molecule has 0 saturated carbocycles. The molecule has 1 fully saturated rings. The number of aromatic hydroxyl groups is 2. The van der Waals surface area contributed by atoms with Crippen LogP contribution in [0.1, 0.15) is 29.4 Å². The van der Waals surface area contributed by atoms with Crippen molar-refractivity contribution in [3.8, 4) is 11.8 Å². The Kier molecular flexibility index (Phi) is 4.25. The molecule has 148 valence electrons. The zero-order valence-corrected chi connectivity index (χ0v) is 15.6. The maximum Gasteiger partial charge on any atom is 0.225 e. The molecule has 3 N–H and O–H groups in total. The molecule has 3 atom stereocenters. The first-order valence-corrected chi connectivity index (χ1v) is 9.86. The highest BCUT2D eigenvalue weighted by atomic mass is 16.3. The molecule has 2 aromatic rings. The molecule has 2 bridgehead atoms. The minimum absolute atomic E-state index is 0.106.